The zero-order chi connectivity index (χ0) is 14.3. The zero-order valence-electron chi connectivity index (χ0n) is 9.63. The Balaban J connectivity index is 2.83. The molecule has 0 amide bonds. The van der Waals surface area contributed by atoms with Crippen molar-refractivity contribution in [3.8, 4) is 5.75 Å². The summed E-state index contributed by atoms with van der Waals surface area (Å²) >= 11 is 0. The maximum atomic E-state index is 13.6. The minimum absolute atomic E-state index is 0.183. The van der Waals surface area contributed by atoms with Crippen molar-refractivity contribution in [2.75, 3.05) is 7.11 Å². The first-order valence-electron chi connectivity index (χ1n) is 5.16. The molecule has 0 unspecified atom stereocenters. The minimum Gasteiger partial charge on any atom is -0.496 e. The highest BCUT2D eigenvalue weighted by Crippen LogP contribution is 2.49. The summed E-state index contributed by atoms with van der Waals surface area (Å²) in [5.41, 5.74) is -1.69. The molecular formula is C12H8F5NO. The van der Waals surface area contributed by atoms with Crippen LogP contribution in [0.1, 0.15) is 5.56 Å². The molecule has 2 nitrogen and oxygen atoms in total. The molecule has 2 aromatic rings. The van der Waals surface area contributed by atoms with E-state index in [0.29, 0.717) is 0 Å². The molecule has 0 aliphatic rings. The van der Waals surface area contributed by atoms with Crippen molar-refractivity contribution in [3.05, 3.63) is 36.0 Å². The first-order valence-corrected chi connectivity index (χ1v) is 5.16. The van der Waals surface area contributed by atoms with Crippen LogP contribution in [0.3, 0.4) is 0 Å². The Morgan fingerprint density at radius 2 is 1.74 bits per heavy atom. The monoisotopic (exact) mass is 277 g/mol. The van der Waals surface area contributed by atoms with Gasteiger partial charge in [-0.3, -0.25) is 4.98 Å². The van der Waals surface area contributed by atoms with Gasteiger partial charge < -0.3 is 4.74 Å². The third-order valence-corrected chi connectivity index (χ3v) is 2.63. The van der Waals surface area contributed by atoms with E-state index in [4.69, 9.17) is 0 Å². The first-order chi connectivity index (χ1) is 8.79. The SMILES string of the molecule is COc1ccc2cccnc2c1C(F)(F)C(F)(F)F. The predicted molar refractivity (Wildman–Crippen MR) is 58.2 cm³/mol. The van der Waals surface area contributed by atoms with Crippen molar-refractivity contribution >= 4 is 10.9 Å². The average molecular weight is 277 g/mol. The number of alkyl halides is 5. The molecule has 0 spiro atoms. The summed E-state index contributed by atoms with van der Waals surface area (Å²) in [6.45, 7) is 0. The lowest BCUT2D eigenvalue weighted by atomic mass is 10.0. The Hall–Kier alpha value is -1.92. The summed E-state index contributed by atoms with van der Waals surface area (Å²) in [5.74, 6) is -5.58. The van der Waals surface area contributed by atoms with E-state index < -0.39 is 28.9 Å². The standard InChI is InChI=1S/C12H8F5NO/c1-19-8-5-4-7-3-2-6-18-10(7)9(8)11(13,14)12(15,16)17/h2-6H,1H3. The van der Waals surface area contributed by atoms with Gasteiger partial charge >= 0.3 is 12.1 Å². The molecule has 0 saturated heterocycles. The van der Waals surface area contributed by atoms with Crippen LogP contribution in [0, 0.1) is 0 Å². The summed E-state index contributed by atoms with van der Waals surface area (Å²) < 4.78 is 69.4. The van der Waals surface area contributed by atoms with Crippen LogP contribution in [0.2, 0.25) is 0 Å². The molecule has 0 aliphatic carbocycles. The van der Waals surface area contributed by atoms with Gasteiger partial charge in [0.05, 0.1) is 18.2 Å². The van der Waals surface area contributed by atoms with E-state index in [0.717, 1.165) is 19.4 Å². The number of aromatic nitrogens is 1. The zero-order valence-corrected chi connectivity index (χ0v) is 9.63. The number of hydrogen-bond donors (Lipinski definition) is 0. The molecule has 2 rings (SSSR count). The summed E-state index contributed by atoms with van der Waals surface area (Å²) in [7, 11) is 1.03. The van der Waals surface area contributed by atoms with E-state index in [9.17, 15) is 22.0 Å². The van der Waals surface area contributed by atoms with Crippen LogP contribution in [0.25, 0.3) is 10.9 Å². The van der Waals surface area contributed by atoms with Crippen molar-refractivity contribution in [1.29, 1.82) is 0 Å². The van der Waals surface area contributed by atoms with Crippen LogP contribution in [0.4, 0.5) is 22.0 Å². The van der Waals surface area contributed by atoms with Crippen molar-refractivity contribution in [2.24, 2.45) is 0 Å². The van der Waals surface area contributed by atoms with Crippen LogP contribution in [-0.4, -0.2) is 18.3 Å². The highest BCUT2D eigenvalue weighted by Gasteiger charge is 2.61. The molecule has 0 atom stereocenters. The lowest BCUT2D eigenvalue weighted by Gasteiger charge is -2.22. The van der Waals surface area contributed by atoms with E-state index in [1.807, 2.05) is 0 Å². The molecule has 102 valence electrons. The Morgan fingerprint density at radius 3 is 2.32 bits per heavy atom. The molecular weight excluding hydrogens is 269 g/mol. The Kier molecular flexibility index (Phi) is 3.07. The molecule has 0 saturated carbocycles. The number of halogens is 5. The van der Waals surface area contributed by atoms with Crippen LogP contribution < -0.4 is 4.74 Å². The summed E-state index contributed by atoms with van der Waals surface area (Å²) in [6.07, 6.45) is -4.57. The van der Waals surface area contributed by atoms with Crippen molar-refractivity contribution in [3.63, 3.8) is 0 Å². The van der Waals surface area contributed by atoms with Crippen LogP contribution in [0.15, 0.2) is 30.5 Å². The lowest BCUT2D eigenvalue weighted by Crippen LogP contribution is -2.34. The highest BCUT2D eigenvalue weighted by molar-refractivity contribution is 5.84. The molecule has 0 N–H and O–H groups in total. The third-order valence-electron chi connectivity index (χ3n) is 2.63. The number of benzene rings is 1. The van der Waals surface area contributed by atoms with Crippen LogP contribution in [0.5, 0.6) is 5.75 Å². The minimum atomic E-state index is -5.72. The van der Waals surface area contributed by atoms with Gasteiger partial charge in [0, 0.05) is 11.6 Å². The van der Waals surface area contributed by atoms with E-state index in [2.05, 4.69) is 9.72 Å². The topological polar surface area (TPSA) is 22.1 Å². The van der Waals surface area contributed by atoms with Gasteiger partial charge in [-0.2, -0.15) is 22.0 Å². The number of pyridine rings is 1. The second-order valence-corrected chi connectivity index (χ2v) is 3.79. The fourth-order valence-corrected chi connectivity index (χ4v) is 1.74. The molecule has 0 radical (unpaired) electrons. The van der Waals surface area contributed by atoms with Gasteiger partial charge in [0.1, 0.15) is 5.75 Å². The first kappa shape index (κ1) is 13.5. The van der Waals surface area contributed by atoms with E-state index in [-0.39, 0.29) is 5.39 Å². The van der Waals surface area contributed by atoms with Gasteiger partial charge in [-0.1, -0.05) is 6.07 Å². The quantitative estimate of drug-likeness (QED) is 0.777. The molecule has 0 bridgehead atoms. The maximum Gasteiger partial charge on any atom is 0.458 e. The summed E-state index contributed by atoms with van der Waals surface area (Å²) in [5, 5.41) is 0.183. The van der Waals surface area contributed by atoms with Gasteiger partial charge in [0.2, 0.25) is 0 Å². The second-order valence-electron chi connectivity index (χ2n) is 3.79. The number of nitrogens with zero attached hydrogens (tertiary/aromatic N) is 1. The van der Waals surface area contributed by atoms with Crippen molar-refractivity contribution < 1.29 is 26.7 Å². The Labute approximate surface area is 104 Å². The van der Waals surface area contributed by atoms with Gasteiger partial charge in [-0.05, 0) is 18.2 Å². The lowest BCUT2D eigenvalue weighted by molar-refractivity contribution is -0.289. The van der Waals surface area contributed by atoms with E-state index >= 15 is 0 Å². The van der Waals surface area contributed by atoms with Gasteiger partial charge in [-0.15, -0.1) is 0 Å². The normalized spacial score (nSPS) is 12.7. The second kappa shape index (κ2) is 4.32. The number of ether oxygens (including phenoxy) is 1. The van der Waals surface area contributed by atoms with E-state index in [1.54, 1.807) is 0 Å². The highest BCUT2D eigenvalue weighted by atomic mass is 19.4. The van der Waals surface area contributed by atoms with Gasteiger partial charge in [0.25, 0.3) is 0 Å². The molecule has 7 heteroatoms. The smallest absolute Gasteiger partial charge is 0.458 e. The van der Waals surface area contributed by atoms with Crippen molar-refractivity contribution in [1.82, 2.24) is 4.98 Å². The van der Waals surface area contributed by atoms with Crippen LogP contribution in [-0.2, 0) is 5.92 Å². The average Bonchev–Trinajstić information content (AvgIpc) is 2.35. The Bertz CT molecular complexity index is 609. The molecule has 19 heavy (non-hydrogen) atoms. The summed E-state index contributed by atoms with van der Waals surface area (Å²) in [6, 6.07) is 5.29. The molecule has 1 heterocycles. The number of methoxy groups -OCH3 is 1. The number of rotatable bonds is 2. The summed E-state index contributed by atoms with van der Waals surface area (Å²) in [4.78, 5) is 3.61. The predicted octanol–water partition coefficient (Wildman–Crippen LogP) is 3.90. The fourth-order valence-electron chi connectivity index (χ4n) is 1.74. The molecule has 0 fully saturated rings. The Morgan fingerprint density at radius 1 is 1.05 bits per heavy atom. The van der Waals surface area contributed by atoms with Crippen LogP contribution >= 0.6 is 0 Å². The fraction of sp³-hybridized carbons (Fsp3) is 0.250. The number of hydrogen-bond acceptors (Lipinski definition) is 2. The molecule has 1 aromatic carbocycles. The molecule has 1 aromatic heterocycles. The third kappa shape index (κ3) is 2.09. The van der Waals surface area contributed by atoms with E-state index in [1.165, 1.54) is 18.2 Å². The maximum absolute atomic E-state index is 13.6. The van der Waals surface area contributed by atoms with Crippen molar-refractivity contribution in [2.45, 2.75) is 12.1 Å². The van der Waals surface area contributed by atoms with Gasteiger partial charge in [0.15, 0.2) is 0 Å². The molecule has 0 aliphatic heterocycles. The van der Waals surface area contributed by atoms with Gasteiger partial charge in [-0.25, -0.2) is 0 Å². The number of fused-ring (bicyclic) bond motifs is 1. The largest absolute Gasteiger partial charge is 0.496 e.